The van der Waals surface area contributed by atoms with Crippen LogP contribution in [-0.2, 0) is 11.2 Å². The number of aryl methyl sites for hydroxylation is 1. The Morgan fingerprint density at radius 2 is 2.12 bits per heavy atom. The van der Waals surface area contributed by atoms with Gasteiger partial charge in [-0.2, -0.15) is 0 Å². The van der Waals surface area contributed by atoms with Crippen molar-refractivity contribution < 1.29 is 4.79 Å². The second kappa shape index (κ2) is 8.30. The van der Waals surface area contributed by atoms with E-state index in [0.29, 0.717) is 18.2 Å². The molecule has 2 aromatic rings. The Bertz CT molecular complexity index is 720. The molecule has 6 heteroatoms. The maximum Gasteiger partial charge on any atom is 0.224 e. The summed E-state index contributed by atoms with van der Waals surface area (Å²) in [4.78, 5) is 14.6. The molecule has 1 unspecified atom stereocenters. The quantitative estimate of drug-likeness (QED) is 0.892. The fraction of sp³-hybridized carbons (Fsp3) is 0.421. The molecule has 0 aliphatic carbocycles. The number of benzene rings is 1. The van der Waals surface area contributed by atoms with Crippen LogP contribution in [0.5, 0.6) is 0 Å². The molecule has 0 bridgehead atoms. The molecule has 132 valence electrons. The maximum atomic E-state index is 12.5. The van der Waals surface area contributed by atoms with E-state index in [9.17, 15) is 4.79 Å². The molecule has 0 saturated carbocycles. The van der Waals surface area contributed by atoms with Crippen molar-refractivity contribution in [2.75, 3.05) is 24.5 Å². The van der Waals surface area contributed by atoms with Gasteiger partial charge in [-0.05, 0) is 49.4 Å². The fourth-order valence-corrected chi connectivity index (χ4v) is 3.33. The minimum atomic E-state index is -0.0110. The Labute approximate surface area is 153 Å². The monoisotopic (exact) mass is 358 g/mol. The highest BCUT2D eigenvalue weighted by Gasteiger charge is 2.26. The summed E-state index contributed by atoms with van der Waals surface area (Å²) in [5.74, 6) is 0.894. The number of hydrogen-bond acceptors (Lipinski definition) is 4. The minimum Gasteiger partial charge on any atom is -0.355 e. The molecule has 0 spiro atoms. The van der Waals surface area contributed by atoms with Gasteiger partial charge in [0.05, 0.1) is 5.92 Å². The molecule has 2 heterocycles. The van der Waals surface area contributed by atoms with Gasteiger partial charge in [0.25, 0.3) is 0 Å². The van der Waals surface area contributed by atoms with Crippen LogP contribution in [-0.4, -0.2) is 35.7 Å². The van der Waals surface area contributed by atoms with Crippen LogP contribution in [0, 0.1) is 12.8 Å². The Balaban J connectivity index is 1.51. The van der Waals surface area contributed by atoms with Crippen molar-refractivity contribution >= 4 is 23.3 Å². The third-order valence-corrected chi connectivity index (χ3v) is 4.89. The van der Waals surface area contributed by atoms with Gasteiger partial charge in [0.2, 0.25) is 5.91 Å². The van der Waals surface area contributed by atoms with Crippen LogP contribution in [0.4, 0.5) is 5.82 Å². The number of carbonyl (C=O) groups excluding carboxylic acids is 1. The summed E-state index contributed by atoms with van der Waals surface area (Å²) in [6.07, 6.45) is 2.74. The smallest absolute Gasteiger partial charge is 0.224 e. The van der Waals surface area contributed by atoms with Gasteiger partial charge in [0, 0.05) is 19.6 Å². The number of rotatable bonds is 5. The molecule has 3 rings (SSSR count). The zero-order valence-electron chi connectivity index (χ0n) is 14.4. The van der Waals surface area contributed by atoms with Crippen LogP contribution in [0.1, 0.15) is 24.0 Å². The third-order valence-electron chi connectivity index (χ3n) is 4.69. The van der Waals surface area contributed by atoms with Crippen LogP contribution in [0.15, 0.2) is 36.4 Å². The van der Waals surface area contributed by atoms with E-state index in [1.807, 2.05) is 18.2 Å². The highest BCUT2D eigenvalue weighted by Crippen LogP contribution is 2.22. The van der Waals surface area contributed by atoms with Crippen LogP contribution < -0.4 is 10.2 Å². The summed E-state index contributed by atoms with van der Waals surface area (Å²) < 4.78 is 0. The Morgan fingerprint density at radius 1 is 1.28 bits per heavy atom. The van der Waals surface area contributed by atoms with E-state index >= 15 is 0 Å². The van der Waals surface area contributed by atoms with Gasteiger partial charge in [-0.1, -0.05) is 35.9 Å². The van der Waals surface area contributed by atoms with Crippen molar-refractivity contribution in [1.29, 1.82) is 0 Å². The molecule has 1 N–H and O–H groups in total. The van der Waals surface area contributed by atoms with Crippen LogP contribution in [0.3, 0.4) is 0 Å². The first-order valence-electron chi connectivity index (χ1n) is 8.70. The molecule has 1 atom stereocenters. The number of anilines is 1. The highest BCUT2D eigenvalue weighted by atomic mass is 35.5. The van der Waals surface area contributed by atoms with Gasteiger partial charge >= 0.3 is 0 Å². The predicted octanol–water partition coefficient (Wildman–Crippen LogP) is 3.01. The molecule has 1 aromatic carbocycles. The molecule has 0 radical (unpaired) electrons. The standard InChI is InChI=1S/C19H23ClN4O/c1-14-5-2-3-6-15(14)10-11-21-19(25)16-7-4-12-24(13-16)18-9-8-17(20)22-23-18/h2-3,5-6,8-9,16H,4,7,10-13H2,1H3,(H,21,25). The molecule has 1 amide bonds. The van der Waals surface area contributed by atoms with Gasteiger partial charge < -0.3 is 10.2 Å². The minimum absolute atomic E-state index is 0.0110. The lowest BCUT2D eigenvalue weighted by Crippen LogP contribution is -2.43. The van der Waals surface area contributed by atoms with Gasteiger partial charge in [0.15, 0.2) is 11.0 Å². The average Bonchev–Trinajstić information content (AvgIpc) is 2.64. The highest BCUT2D eigenvalue weighted by molar-refractivity contribution is 6.29. The number of nitrogens with one attached hydrogen (secondary N) is 1. The normalized spacial score (nSPS) is 17.4. The lowest BCUT2D eigenvalue weighted by Gasteiger charge is -2.32. The molecule has 1 fully saturated rings. The molecule has 1 aromatic heterocycles. The van der Waals surface area contributed by atoms with Gasteiger partial charge in [-0.3, -0.25) is 4.79 Å². The maximum absolute atomic E-state index is 12.5. The summed E-state index contributed by atoms with van der Waals surface area (Å²) in [7, 11) is 0. The van der Waals surface area contributed by atoms with E-state index in [1.165, 1.54) is 11.1 Å². The molecule has 5 nitrogen and oxygen atoms in total. The van der Waals surface area contributed by atoms with E-state index in [2.05, 4.69) is 39.5 Å². The summed E-state index contributed by atoms with van der Waals surface area (Å²) in [5, 5.41) is 11.5. The zero-order chi connectivity index (χ0) is 17.6. The van der Waals surface area contributed by atoms with E-state index in [4.69, 9.17) is 11.6 Å². The number of hydrogen-bond donors (Lipinski definition) is 1. The van der Waals surface area contributed by atoms with Gasteiger partial charge in [0.1, 0.15) is 0 Å². The molecule has 1 aliphatic rings. The van der Waals surface area contributed by atoms with Crippen molar-refractivity contribution in [3.05, 3.63) is 52.7 Å². The number of aromatic nitrogens is 2. The Hall–Kier alpha value is -2.14. The predicted molar refractivity (Wildman–Crippen MR) is 99.9 cm³/mol. The summed E-state index contributed by atoms with van der Waals surface area (Å²) in [6.45, 7) is 4.33. The van der Waals surface area contributed by atoms with E-state index in [0.717, 1.165) is 31.6 Å². The van der Waals surface area contributed by atoms with Crippen molar-refractivity contribution in [3.63, 3.8) is 0 Å². The molecular formula is C19H23ClN4O. The fourth-order valence-electron chi connectivity index (χ4n) is 3.23. The lowest BCUT2D eigenvalue weighted by atomic mass is 9.97. The first-order valence-corrected chi connectivity index (χ1v) is 9.07. The topological polar surface area (TPSA) is 58.1 Å². The van der Waals surface area contributed by atoms with Crippen molar-refractivity contribution in [2.24, 2.45) is 5.92 Å². The Kier molecular flexibility index (Phi) is 5.87. The first kappa shape index (κ1) is 17.7. The number of nitrogens with zero attached hydrogens (tertiary/aromatic N) is 3. The Morgan fingerprint density at radius 3 is 2.88 bits per heavy atom. The van der Waals surface area contributed by atoms with Crippen LogP contribution >= 0.6 is 11.6 Å². The number of amides is 1. The molecule has 1 saturated heterocycles. The van der Waals surface area contributed by atoms with Crippen LogP contribution in [0.25, 0.3) is 0 Å². The second-order valence-electron chi connectivity index (χ2n) is 6.47. The van der Waals surface area contributed by atoms with Crippen LogP contribution in [0.2, 0.25) is 5.15 Å². The first-order chi connectivity index (χ1) is 12.1. The van der Waals surface area contributed by atoms with Gasteiger partial charge in [-0.15, -0.1) is 10.2 Å². The number of piperidine rings is 1. The number of halogens is 1. The zero-order valence-corrected chi connectivity index (χ0v) is 15.2. The summed E-state index contributed by atoms with van der Waals surface area (Å²) in [5.41, 5.74) is 2.55. The lowest BCUT2D eigenvalue weighted by molar-refractivity contribution is -0.125. The van der Waals surface area contributed by atoms with Crippen molar-refractivity contribution in [2.45, 2.75) is 26.2 Å². The third kappa shape index (κ3) is 4.69. The average molecular weight is 359 g/mol. The van der Waals surface area contributed by atoms with E-state index < -0.39 is 0 Å². The second-order valence-corrected chi connectivity index (χ2v) is 6.85. The molecular weight excluding hydrogens is 336 g/mol. The summed E-state index contributed by atoms with van der Waals surface area (Å²) in [6, 6.07) is 11.9. The van der Waals surface area contributed by atoms with E-state index in [-0.39, 0.29) is 11.8 Å². The molecule has 1 aliphatic heterocycles. The van der Waals surface area contributed by atoms with E-state index in [1.54, 1.807) is 6.07 Å². The van der Waals surface area contributed by atoms with Crippen molar-refractivity contribution in [1.82, 2.24) is 15.5 Å². The largest absolute Gasteiger partial charge is 0.355 e. The molecule has 25 heavy (non-hydrogen) atoms. The van der Waals surface area contributed by atoms with Gasteiger partial charge in [-0.25, -0.2) is 0 Å². The summed E-state index contributed by atoms with van der Waals surface area (Å²) >= 11 is 5.79. The SMILES string of the molecule is Cc1ccccc1CCNC(=O)C1CCCN(c2ccc(Cl)nn2)C1. The number of carbonyl (C=O) groups is 1. The van der Waals surface area contributed by atoms with Crippen molar-refractivity contribution in [3.8, 4) is 0 Å².